The van der Waals surface area contributed by atoms with Crippen molar-refractivity contribution in [1.82, 2.24) is 25.2 Å². The number of benzene rings is 1. The number of imidazole rings is 1. The first kappa shape index (κ1) is 19.0. The van der Waals surface area contributed by atoms with Crippen molar-refractivity contribution in [2.24, 2.45) is 0 Å². The summed E-state index contributed by atoms with van der Waals surface area (Å²) in [5.74, 6) is 0.0882. The van der Waals surface area contributed by atoms with Crippen LogP contribution in [0.3, 0.4) is 0 Å². The predicted molar refractivity (Wildman–Crippen MR) is 112 cm³/mol. The Morgan fingerprint density at radius 1 is 1.32 bits per heavy atom. The molecule has 1 fully saturated rings. The molecule has 1 aromatic carbocycles. The van der Waals surface area contributed by atoms with Crippen molar-refractivity contribution >= 4 is 28.7 Å². The van der Waals surface area contributed by atoms with Crippen LogP contribution in [0.5, 0.6) is 0 Å². The number of nitrogens with one attached hydrogen (secondary N) is 2. The molecule has 28 heavy (non-hydrogen) atoms. The molecule has 6 nitrogen and oxygen atoms in total. The fraction of sp³-hybridized carbons (Fsp3) is 0.381. The van der Waals surface area contributed by atoms with Crippen LogP contribution in [0.1, 0.15) is 25.8 Å². The van der Waals surface area contributed by atoms with Crippen LogP contribution in [-0.2, 0) is 11.3 Å². The molecule has 7 heteroatoms. The number of likely N-dealkylation sites (tertiary alicyclic amines) is 1. The molecule has 0 radical (unpaired) electrons. The van der Waals surface area contributed by atoms with E-state index in [4.69, 9.17) is 0 Å². The Balaban J connectivity index is 1.41. The lowest BCUT2D eigenvalue weighted by Gasteiger charge is -2.27. The third-order valence-corrected chi connectivity index (χ3v) is 6.19. The lowest BCUT2D eigenvalue weighted by atomic mass is 10.1. The standard InChI is InChI=1S/C21H25N5OS/c1-14(2)26-13-16(28-21-24-17-7-3-4-8-18(17)25-21)10-19(26)20(27)23-12-15-6-5-9-22-11-15/h3-9,11,14,16,19H,10,12-13H2,1-2H3,(H,23,27)(H,24,25)/t16-,19+/m1/s1. The predicted octanol–water partition coefficient (Wildman–Crippen LogP) is 3.22. The molecule has 0 aliphatic carbocycles. The number of aromatic nitrogens is 3. The Hall–Kier alpha value is -2.38. The number of aromatic amines is 1. The SMILES string of the molecule is CC(C)N1C[C@H](Sc2nc3ccccc3[nH]2)C[C@H]1C(=O)NCc1cccnc1. The van der Waals surface area contributed by atoms with E-state index in [1.54, 1.807) is 24.2 Å². The van der Waals surface area contributed by atoms with Crippen molar-refractivity contribution < 1.29 is 4.79 Å². The molecule has 1 saturated heterocycles. The smallest absolute Gasteiger partial charge is 0.237 e. The largest absolute Gasteiger partial charge is 0.351 e. The molecule has 0 unspecified atom stereocenters. The number of hydrogen-bond acceptors (Lipinski definition) is 5. The molecular weight excluding hydrogens is 370 g/mol. The van der Waals surface area contributed by atoms with E-state index in [-0.39, 0.29) is 11.9 Å². The van der Waals surface area contributed by atoms with Crippen LogP contribution in [0.2, 0.25) is 0 Å². The number of carbonyl (C=O) groups excluding carboxylic acids is 1. The Morgan fingerprint density at radius 2 is 2.18 bits per heavy atom. The van der Waals surface area contributed by atoms with Gasteiger partial charge in [0.05, 0.1) is 17.1 Å². The highest BCUT2D eigenvalue weighted by atomic mass is 32.2. The van der Waals surface area contributed by atoms with Crippen LogP contribution >= 0.6 is 11.8 Å². The summed E-state index contributed by atoms with van der Waals surface area (Å²) in [4.78, 5) is 27.3. The first-order chi connectivity index (χ1) is 13.6. The third kappa shape index (κ3) is 4.20. The van der Waals surface area contributed by atoms with Crippen molar-refractivity contribution in [3.8, 4) is 0 Å². The Kier molecular flexibility index (Phi) is 5.64. The highest BCUT2D eigenvalue weighted by Crippen LogP contribution is 2.33. The van der Waals surface area contributed by atoms with Crippen LogP contribution in [-0.4, -0.2) is 49.6 Å². The van der Waals surface area contributed by atoms with Crippen molar-refractivity contribution in [2.75, 3.05) is 6.54 Å². The van der Waals surface area contributed by atoms with Gasteiger partial charge in [0.1, 0.15) is 0 Å². The third-order valence-electron chi connectivity index (χ3n) is 5.10. The van der Waals surface area contributed by atoms with Gasteiger partial charge in [-0.25, -0.2) is 4.98 Å². The van der Waals surface area contributed by atoms with Crippen molar-refractivity contribution in [3.63, 3.8) is 0 Å². The van der Waals surface area contributed by atoms with Crippen LogP contribution in [0.25, 0.3) is 11.0 Å². The quantitative estimate of drug-likeness (QED) is 0.670. The van der Waals surface area contributed by atoms with Gasteiger partial charge in [-0.2, -0.15) is 0 Å². The van der Waals surface area contributed by atoms with Gasteiger partial charge in [-0.15, -0.1) is 0 Å². The van der Waals surface area contributed by atoms with Gasteiger partial charge in [0.15, 0.2) is 5.16 Å². The molecular formula is C21H25N5OS. The Morgan fingerprint density at radius 3 is 2.93 bits per heavy atom. The molecule has 1 aliphatic rings. The van der Waals surface area contributed by atoms with Gasteiger partial charge in [0, 0.05) is 36.8 Å². The Bertz CT molecular complexity index is 909. The summed E-state index contributed by atoms with van der Waals surface area (Å²) in [5, 5.41) is 4.33. The normalized spacial score (nSPS) is 20.1. The molecule has 2 atom stereocenters. The summed E-state index contributed by atoms with van der Waals surface area (Å²) < 4.78 is 0. The Labute approximate surface area is 169 Å². The zero-order valence-corrected chi connectivity index (χ0v) is 16.9. The zero-order chi connectivity index (χ0) is 19.5. The van der Waals surface area contributed by atoms with E-state index in [2.05, 4.69) is 39.0 Å². The second kappa shape index (κ2) is 8.32. The van der Waals surface area contributed by atoms with E-state index < -0.39 is 0 Å². The number of thioether (sulfide) groups is 1. The van der Waals surface area contributed by atoms with E-state index in [1.165, 1.54) is 0 Å². The molecule has 4 rings (SSSR count). The summed E-state index contributed by atoms with van der Waals surface area (Å²) in [6, 6.07) is 12.1. The minimum Gasteiger partial charge on any atom is -0.351 e. The second-order valence-corrected chi connectivity index (χ2v) is 8.71. The van der Waals surface area contributed by atoms with Gasteiger partial charge in [0.2, 0.25) is 5.91 Å². The molecule has 1 amide bonds. The van der Waals surface area contributed by atoms with Crippen LogP contribution in [0, 0.1) is 0 Å². The molecule has 2 N–H and O–H groups in total. The topological polar surface area (TPSA) is 73.9 Å². The number of para-hydroxylation sites is 2. The summed E-state index contributed by atoms with van der Waals surface area (Å²) in [5.41, 5.74) is 3.04. The number of rotatable bonds is 6. The number of fused-ring (bicyclic) bond motifs is 1. The monoisotopic (exact) mass is 395 g/mol. The number of amides is 1. The molecule has 0 spiro atoms. The van der Waals surface area contributed by atoms with Gasteiger partial charge >= 0.3 is 0 Å². The lowest BCUT2D eigenvalue weighted by Crippen LogP contribution is -2.45. The van der Waals surface area contributed by atoms with E-state index in [9.17, 15) is 4.79 Å². The fourth-order valence-corrected chi connectivity index (χ4v) is 4.85. The van der Waals surface area contributed by atoms with Gasteiger partial charge in [-0.3, -0.25) is 14.7 Å². The van der Waals surface area contributed by atoms with Crippen molar-refractivity contribution in [2.45, 2.75) is 49.3 Å². The van der Waals surface area contributed by atoms with Gasteiger partial charge in [-0.1, -0.05) is 30.0 Å². The van der Waals surface area contributed by atoms with Gasteiger partial charge < -0.3 is 10.3 Å². The van der Waals surface area contributed by atoms with E-state index >= 15 is 0 Å². The van der Waals surface area contributed by atoms with E-state index in [0.717, 1.165) is 34.7 Å². The molecule has 0 saturated carbocycles. The first-order valence-electron chi connectivity index (χ1n) is 9.64. The molecule has 0 bridgehead atoms. The van der Waals surface area contributed by atoms with E-state index in [0.29, 0.717) is 17.8 Å². The van der Waals surface area contributed by atoms with Crippen molar-refractivity contribution in [1.29, 1.82) is 0 Å². The minimum absolute atomic E-state index is 0.0882. The number of H-pyrrole nitrogens is 1. The van der Waals surface area contributed by atoms with Crippen LogP contribution < -0.4 is 5.32 Å². The maximum atomic E-state index is 12.9. The molecule has 146 valence electrons. The first-order valence-corrected chi connectivity index (χ1v) is 10.5. The highest BCUT2D eigenvalue weighted by molar-refractivity contribution is 7.99. The maximum absolute atomic E-state index is 12.9. The zero-order valence-electron chi connectivity index (χ0n) is 16.1. The average molecular weight is 396 g/mol. The second-order valence-electron chi connectivity index (χ2n) is 7.42. The fourth-order valence-electron chi connectivity index (χ4n) is 3.69. The van der Waals surface area contributed by atoms with Crippen LogP contribution in [0.4, 0.5) is 0 Å². The van der Waals surface area contributed by atoms with Gasteiger partial charge in [-0.05, 0) is 44.0 Å². The minimum atomic E-state index is -0.112. The summed E-state index contributed by atoms with van der Waals surface area (Å²) >= 11 is 1.74. The number of carbonyl (C=O) groups is 1. The number of hydrogen-bond donors (Lipinski definition) is 2. The lowest BCUT2D eigenvalue weighted by molar-refractivity contribution is -0.126. The highest BCUT2D eigenvalue weighted by Gasteiger charge is 2.38. The maximum Gasteiger partial charge on any atom is 0.237 e. The number of pyridine rings is 1. The van der Waals surface area contributed by atoms with E-state index in [1.807, 2.05) is 36.4 Å². The summed E-state index contributed by atoms with van der Waals surface area (Å²) in [6.45, 7) is 5.69. The summed E-state index contributed by atoms with van der Waals surface area (Å²) in [6.07, 6.45) is 4.34. The molecule has 1 aliphatic heterocycles. The average Bonchev–Trinajstić information content (AvgIpc) is 3.31. The van der Waals surface area contributed by atoms with Crippen LogP contribution in [0.15, 0.2) is 53.9 Å². The summed E-state index contributed by atoms with van der Waals surface area (Å²) in [7, 11) is 0. The molecule has 3 heterocycles. The number of nitrogens with zero attached hydrogens (tertiary/aromatic N) is 3. The molecule has 3 aromatic rings. The van der Waals surface area contributed by atoms with Crippen molar-refractivity contribution in [3.05, 3.63) is 54.4 Å². The molecule has 2 aromatic heterocycles. The van der Waals surface area contributed by atoms with Gasteiger partial charge in [0.25, 0.3) is 0 Å².